The van der Waals surface area contributed by atoms with Crippen LogP contribution in [0.25, 0.3) is 0 Å². The van der Waals surface area contributed by atoms with Gasteiger partial charge in [-0.05, 0) is 18.2 Å². The molecule has 1 aliphatic heterocycles. The maximum atomic E-state index is 12.6. The fourth-order valence-electron chi connectivity index (χ4n) is 2.83. The average molecular weight is 423 g/mol. The van der Waals surface area contributed by atoms with Gasteiger partial charge in [-0.25, -0.2) is 0 Å². The molecule has 0 saturated carbocycles. The van der Waals surface area contributed by atoms with Crippen LogP contribution in [0.5, 0.6) is 23.0 Å². The number of hydrogen-bond donors (Lipinski definition) is 2. The Kier molecular flexibility index (Phi) is 5.13. The van der Waals surface area contributed by atoms with Crippen molar-refractivity contribution in [3.05, 3.63) is 39.9 Å². The second-order valence-corrected chi connectivity index (χ2v) is 6.39. The number of methoxy groups -OCH3 is 4. The predicted molar refractivity (Wildman–Crippen MR) is 101 cm³/mol. The number of halogens is 1. The van der Waals surface area contributed by atoms with E-state index in [4.69, 9.17) is 18.9 Å². The van der Waals surface area contributed by atoms with Crippen LogP contribution in [0.1, 0.15) is 22.1 Å². The van der Waals surface area contributed by atoms with E-state index in [0.717, 1.165) is 10.0 Å². The van der Waals surface area contributed by atoms with E-state index in [2.05, 4.69) is 26.6 Å². The van der Waals surface area contributed by atoms with E-state index < -0.39 is 6.17 Å². The monoisotopic (exact) mass is 422 g/mol. The zero-order valence-electron chi connectivity index (χ0n) is 14.8. The lowest BCUT2D eigenvalue weighted by molar-refractivity contribution is 0.0935. The molecule has 2 aromatic carbocycles. The van der Waals surface area contributed by atoms with E-state index in [1.54, 1.807) is 39.5 Å². The van der Waals surface area contributed by atoms with Crippen LogP contribution in [0.3, 0.4) is 0 Å². The molecule has 0 radical (unpaired) electrons. The molecule has 0 aliphatic carbocycles. The molecule has 8 heteroatoms. The number of fused-ring (bicyclic) bond motifs is 1. The first-order chi connectivity index (χ1) is 12.5. The van der Waals surface area contributed by atoms with Crippen LogP contribution in [0, 0.1) is 0 Å². The van der Waals surface area contributed by atoms with Gasteiger partial charge in [0.2, 0.25) is 0 Å². The fraction of sp³-hybridized carbons (Fsp3) is 0.278. The first kappa shape index (κ1) is 18.2. The highest BCUT2D eigenvalue weighted by atomic mass is 79.9. The number of carbonyl (C=O) groups excluding carboxylic acids is 1. The molecular weight excluding hydrogens is 404 g/mol. The fourth-order valence-corrected chi connectivity index (χ4v) is 3.38. The van der Waals surface area contributed by atoms with Gasteiger partial charge >= 0.3 is 0 Å². The number of nitrogens with one attached hydrogen (secondary N) is 2. The Hall–Kier alpha value is -2.61. The predicted octanol–water partition coefficient (Wildman–Crippen LogP) is 3.34. The lowest BCUT2D eigenvalue weighted by Crippen LogP contribution is -2.38. The Morgan fingerprint density at radius 1 is 0.808 bits per heavy atom. The topological polar surface area (TPSA) is 78.1 Å². The summed E-state index contributed by atoms with van der Waals surface area (Å²) in [7, 11) is 6.22. The molecule has 1 atom stereocenters. The smallest absolute Gasteiger partial charge is 0.255 e. The van der Waals surface area contributed by atoms with Crippen molar-refractivity contribution in [1.82, 2.24) is 5.32 Å². The normalized spacial score (nSPS) is 15.4. The highest BCUT2D eigenvalue weighted by molar-refractivity contribution is 9.10. The molecule has 1 amide bonds. The average Bonchev–Trinajstić information content (AvgIpc) is 2.66. The maximum Gasteiger partial charge on any atom is 0.255 e. The number of hydrogen-bond acceptors (Lipinski definition) is 6. The second kappa shape index (κ2) is 7.33. The molecule has 2 aromatic rings. The lowest BCUT2D eigenvalue weighted by atomic mass is 10.0. The van der Waals surface area contributed by atoms with Crippen molar-refractivity contribution in [2.45, 2.75) is 6.17 Å². The number of anilines is 1. The zero-order valence-corrected chi connectivity index (χ0v) is 16.4. The molecule has 1 heterocycles. The van der Waals surface area contributed by atoms with E-state index in [1.165, 1.54) is 7.11 Å². The van der Waals surface area contributed by atoms with Gasteiger partial charge < -0.3 is 29.6 Å². The highest BCUT2D eigenvalue weighted by Gasteiger charge is 2.28. The number of amides is 1. The Bertz CT molecular complexity index is 856. The van der Waals surface area contributed by atoms with E-state index in [1.807, 2.05) is 6.07 Å². The van der Waals surface area contributed by atoms with Gasteiger partial charge in [0.1, 0.15) is 6.17 Å². The molecule has 138 valence electrons. The molecule has 0 fully saturated rings. The number of benzene rings is 2. The van der Waals surface area contributed by atoms with Gasteiger partial charge in [-0.1, -0.05) is 15.9 Å². The van der Waals surface area contributed by atoms with Gasteiger partial charge in [0.15, 0.2) is 23.0 Å². The second-order valence-electron chi connectivity index (χ2n) is 5.53. The molecular formula is C18H19BrN2O5. The van der Waals surface area contributed by atoms with E-state index in [9.17, 15) is 4.79 Å². The third kappa shape index (κ3) is 3.12. The Labute approximate surface area is 159 Å². The van der Waals surface area contributed by atoms with Crippen LogP contribution in [-0.4, -0.2) is 34.3 Å². The Morgan fingerprint density at radius 3 is 1.96 bits per heavy atom. The summed E-state index contributed by atoms with van der Waals surface area (Å²) in [6.45, 7) is 0. The molecule has 0 saturated heterocycles. The van der Waals surface area contributed by atoms with Crippen molar-refractivity contribution in [1.29, 1.82) is 0 Å². The molecule has 1 unspecified atom stereocenters. The van der Waals surface area contributed by atoms with E-state index in [-0.39, 0.29) is 5.91 Å². The lowest BCUT2D eigenvalue weighted by Gasteiger charge is -2.30. The molecule has 1 aliphatic rings. The summed E-state index contributed by atoms with van der Waals surface area (Å²) in [5.74, 6) is 1.98. The summed E-state index contributed by atoms with van der Waals surface area (Å²) in [6.07, 6.45) is -0.456. The van der Waals surface area contributed by atoms with Crippen LogP contribution < -0.4 is 29.6 Å². The Balaban J connectivity index is 2.02. The van der Waals surface area contributed by atoms with Crippen molar-refractivity contribution in [2.24, 2.45) is 0 Å². The van der Waals surface area contributed by atoms with Crippen LogP contribution in [0.2, 0.25) is 0 Å². The minimum Gasteiger partial charge on any atom is -0.493 e. The minimum atomic E-state index is -0.456. The largest absolute Gasteiger partial charge is 0.493 e. The third-order valence-corrected chi connectivity index (χ3v) is 4.84. The van der Waals surface area contributed by atoms with Gasteiger partial charge in [-0.15, -0.1) is 0 Å². The number of carbonyl (C=O) groups is 1. The standard InChI is InChI=1S/C18H19BrN2O5/c1-23-13-5-9(11(19)7-15(13)25-3)17-20-12-8-16(26-4)14(24-2)6-10(12)18(22)21-17/h5-8,17,20H,1-4H3,(H,21,22). The van der Waals surface area contributed by atoms with E-state index >= 15 is 0 Å². The third-order valence-electron chi connectivity index (χ3n) is 4.16. The Morgan fingerprint density at radius 2 is 1.35 bits per heavy atom. The number of ether oxygens (including phenoxy) is 4. The van der Waals surface area contributed by atoms with Crippen molar-refractivity contribution in [2.75, 3.05) is 33.8 Å². The minimum absolute atomic E-state index is 0.216. The summed E-state index contributed by atoms with van der Waals surface area (Å²) in [4.78, 5) is 12.6. The van der Waals surface area contributed by atoms with Gasteiger partial charge in [0.05, 0.1) is 39.7 Å². The quantitative estimate of drug-likeness (QED) is 0.769. The summed E-state index contributed by atoms with van der Waals surface area (Å²) in [6, 6.07) is 7.00. The molecule has 7 nitrogen and oxygen atoms in total. The zero-order chi connectivity index (χ0) is 18.8. The molecule has 0 bridgehead atoms. The van der Waals surface area contributed by atoms with Gasteiger partial charge in [0, 0.05) is 16.1 Å². The summed E-state index contributed by atoms with van der Waals surface area (Å²) in [5, 5.41) is 6.24. The van der Waals surface area contributed by atoms with Gasteiger partial charge in [0.25, 0.3) is 5.91 Å². The van der Waals surface area contributed by atoms with Crippen molar-refractivity contribution in [3.63, 3.8) is 0 Å². The van der Waals surface area contributed by atoms with Gasteiger partial charge in [-0.3, -0.25) is 4.79 Å². The molecule has 0 spiro atoms. The highest BCUT2D eigenvalue weighted by Crippen LogP contribution is 2.40. The van der Waals surface area contributed by atoms with Crippen LogP contribution in [-0.2, 0) is 0 Å². The summed E-state index contributed by atoms with van der Waals surface area (Å²) in [5.41, 5.74) is 1.94. The molecule has 26 heavy (non-hydrogen) atoms. The van der Waals surface area contributed by atoms with Gasteiger partial charge in [-0.2, -0.15) is 0 Å². The van der Waals surface area contributed by atoms with E-state index in [0.29, 0.717) is 34.2 Å². The molecule has 0 aromatic heterocycles. The first-order valence-electron chi connectivity index (χ1n) is 7.77. The molecule has 2 N–H and O–H groups in total. The number of rotatable bonds is 5. The molecule has 3 rings (SSSR count). The SMILES string of the molecule is COc1cc(Br)c(C2NC(=O)c3cc(OC)c(OC)cc3N2)cc1OC. The maximum absolute atomic E-state index is 12.6. The summed E-state index contributed by atoms with van der Waals surface area (Å²) >= 11 is 3.53. The van der Waals surface area contributed by atoms with Crippen molar-refractivity contribution < 1.29 is 23.7 Å². The van der Waals surface area contributed by atoms with Crippen LogP contribution in [0.4, 0.5) is 5.69 Å². The first-order valence-corrected chi connectivity index (χ1v) is 8.56. The van der Waals surface area contributed by atoms with Crippen molar-refractivity contribution in [3.8, 4) is 23.0 Å². The van der Waals surface area contributed by atoms with Crippen LogP contribution >= 0.6 is 15.9 Å². The van der Waals surface area contributed by atoms with Crippen LogP contribution in [0.15, 0.2) is 28.7 Å². The van der Waals surface area contributed by atoms with Crippen molar-refractivity contribution >= 4 is 27.5 Å². The summed E-state index contributed by atoms with van der Waals surface area (Å²) < 4.78 is 22.0.